The summed E-state index contributed by atoms with van der Waals surface area (Å²) in [6, 6.07) is 13.1. The summed E-state index contributed by atoms with van der Waals surface area (Å²) in [5.41, 5.74) is 9.93. The van der Waals surface area contributed by atoms with E-state index in [1.807, 2.05) is 7.05 Å². The molecule has 106 valence electrons. The highest BCUT2D eigenvalue weighted by atomic mass is 19.1. The van der Waals surface area contributed by atoms with E-state index in [9.17, 15) is 4.39 Å². The smallest absolute Gasteiger partial charge is 0.123 e. The van der Waals surface area contributed by atoms with Crippen molar-refractivity contribution >= 4 is 5.69 Å². The quantitative estimate of drug-likeness (QED) is 0.843. The third-order valence-electron chi connectivity index (χ3n) is 3.43. The van der Waals surface area contributed by atoms with E-state index in [1.165, 1.54) is 23.3 Å². The van der Waals surface area contributed by atoms with Crippen molar-refractivity contribution in [3.63, 3.8) is 0 Å². The van der Waals surface area contributed by atoms with Crippen LogP contribution in [0.2, 0.25) is 0 Å². The van der Waals surface area contributed by atoms with Crippen molar-refractivity contribution in [2.45, 2.75) is 26.4 Å². The molecule has 0 aliphatic rings. The fourth-order valence-corrected chi connectivity index (χ4v) is 2.25. The fraction of sp³-hybridized carbons (Fsp3) is 0.294. The van der Waals surface area contributed by atoms with Crippen LogP contribution in [0.4, 0.5) is 10.1 Å². The average molecular weight is 272 g/mol. The van der Waals surface area contributed by atoms with Crippen LogP contribution in [0.25, 0.3) is 0 Å². The molecule has 2 N–H and O–H groups in total. The summed E-state index contributed by atoms with van der Waals surface area (Å²) in [4.78, 5) is 2.13. The van der Waals surface area contributed by atoms with Gasteiger partial charge in [-0.05, 0) is 48.4 Å². The predicted molar refractivity (Wildman–Crippen MR) is 81.8 cm³/mol. The van der Waals surface area contributed by atoms with E-state index in [4.69, 9.17) is 5.73 Å². The summed E-state index contributed by atoms with van der Waals surface area (Å²) in [6.07, 6.45) is 1.05. The minimum absolute atomic E-state index is 0.241. The first-order chi connectivity index (χ1) is 9.58. The van der Waals surface area contributed by atoms with Crippen LogP contribution in [0.1, 0.15) is 23.6 Å². The normalized spacial score (nSPS) is 11.0. The molecule has 0 saturated carbocycles. The number of hydrogen-bond acceptors (Lipinski definition) is 2. The molecule has 0 bridgehead atoms. The van der Waals surface area contributed by atoms with Gasteiger partial charge >= 0.3 is 0 Å². The summed E-state index contributed by atoms with van der Waals surface area (Å²) >= 11 is 0. The topological polar surface area (TPSA) is 29.3 Å². The summed E-state index contributed by atoms with van der Waals surface area (Å²) in [5.74, 6) is -0.241. The number of halogens is 1. The fourth-order valence-electron chi connectivity index (χ4n) is 2.25. The summed E-state index contributed by atoms with van der Waals surface area (Å²) in [7, 11) is 2.01. The second-order valence-corrected chi connectivity index (χ2v) is 5.19. The molecular weight excluding hydrogens is 251 g/mol. The van der Waals surface area contributed by atoms with Crippen molar-refractivity contribution in [3.8, 4) is 0 Å². The number of nitrogens with zero attached hydrogens (tertiary/aromatic N) is 1. The van der Waals surface area contributed by atoms with Gasteiger partial charge in [0.25, 0.3) is 0 Å². The van der Waals surface area contributed by atoms with Crippen LogP contribution in [-0.2, 0) is 19.5 Å². The Balaban J connectivity index is 2.00. The van der Waals surface area contributed by atoms with E-state index in [-0.39, 0.29) is 5.82 Å². The number of nitrogens with two attached hydrogens (primary N) is 1. The highest BCUT2D eigenvalue weighted by Crippen LogP contribution is 2.16. The lowest BCUT2D eigenvalue weighted by Crippen LogP contribution is -2.18. The van der Waals surface area contributed by atoms with E-state index in [2.05, 4.69) is 36.1 Å². The van der Waals surface area contributed by atoms with E-state index < -0.39 is 0 Å². The number of rotatable bonds is 5. The van der Waals surface area contributed by atoms with Crippen molar-refractivity contribution in [2.24, 2.45) is 0 Å². The maximum atomic E-state index is 13.2. The number of nitrogen functional groups attached to an aromatic ring is 1. The Hall–Kier alpha value is -1.87. The first kappa shape index (κ1) is 14.5. The van der Waals surface area contributed by atoms with Crippen LogP contribution in [0.15, 0.2) is 42.5 Å². The standard InChI is InChI=1S/C17H21FN2/c1-3-13-4-6-14(7-5-13)11-20(2)12-15-10-16(18)8-9-17(15)19/h4-10H,3,11-12,19H2,1-2H3. The van der Waals surface area contributed by atoms with Crippen molar-refractivity contribution in [3.05, 3.63) is 65.0 Å². The minimum atomic E-state index is -0.241. The Kier molecular flexibility index (Phi) is 4.74. The van der Waals surface area contributed by atoms with Crippen molar-refractivity contribution < 1.29 is 4.39 Å². The lowest BCUT2D eigenvalue weighted by molar-refractivity contribution is 0.319. The van der Waals surface area contributed by atoms with Gasteiger partial charge in [-0.25, -0.2) is 4.39 Å². The van der Waals surface area contributed by atoms with Crippen LogP contribution < -0.4 is 5.73 Å². The first-order valence-corrected chi connectivity index (χ1v) is 6.88. The van der Waals surface area contributed by atoms with E-state index in [0.717, 1.165) is 18.5 Å². The molecule has 2 nitrogen and oxygen atoms in total. The van der Waals surface area contributed by atoms with E-state index in [1.54, 1.807) is 6.07 Å². The molecule has 3 heteroatoms. The van der Waals surface area contributed by atoms with Gasteiger partial charge in [-0.2, -0.15) is 0 Å². The Bertz CT molecular complexity index is 564. The summed E-state index contributed by atoms with van der Waals surface area (Å²) in [5, 5.41) is 0. The summed E-state index contributed by atoms with van der Waals surface area (Å²) < 4.78 is 13.2. The Morgan fingerprint density at radius 1 is 1.00 bits per heavy atom. The monoisotopic (exact) mass is 272 g/mol. The van der Waals surface area contributed by atoms with Gasteiger partial charge in [0.05, 0.1) is 0 Å². The average Bonchev–Trinajstić information content (AvgIpc) is 2.43. The van der Waals surface area contributed by atoms with Crippen molar-refractivity contribution in [1.29, 1.82) is 0 Å². The third-order valence-corrected chi connectivity index (χ3v) is 3.43. The molecule has 0 unspecified atom stereocenters. The zero-order valence-corrected chi connectivity index (χ0v) is 12.1. The molecule has 0 aliphatic heterocycles. The van der Waals surface area contributed by atoms with Crippen LogP contribution in [0.3, 0.4) is 0 Å². The molecule has 0 aliphatic carbocycles. The van der Waals surface area contributed by atoms with Gasteiger partial charge < -0.3 is 5.73 Å². The van der Waals surface area contributed by atoms with Crippen LogP contribution in [-0.4, -0.2) is 11.9 Å². The number of aryl methyl sites for hydroxylation is 1. The Morgan fingerprint density at radius 3 is 2.30 bits per heavy atom. The van der Waals surface area contributed by atoms with Crippen molar-refractivity contribution in [2.75, 3.05) is 12.8 Å². The predicted octanol–water partition coefficient (Wildman–Crippen LogP) is 3.60. The maximum absolute atomic E-state index is 13.2. The lowest BCUT2D eigenvalue weighted by atomic mass is 10.1. The molecule has 2 rings (SSSR count). The van der Waals surface area contributed by atoms with Gasteiger partial charge in [0.15, 0.2) is 0 Å². The molecule has 0 amide bonds. The Morgan fingerprint density at radius 2 is 1.65 bits per heavy atom. The molecule has 0 saturated heterocycles. The molecule has 0 heterocycles. The van der Waals surface area contributed by atoms with Crippen LogP contribution in [0.5, 0.6) is 0 Å². The largest absolute Gasteiger partial charge is 0.398 e. The molecule has 2 aromatic rings. The zero-order valence-electron chi connectivity index (χ0n) is 12.1. The molecule has 0 aromatic heterocycles. The van der Waals surface area contributed by atoms with Crippen molar-refractivity contribution in [1.82, 2.24) is 4.90 Å². The minimum Gasteiger partial charge on any atom is -0.398 e. The maximum Gasteiger partial charge on any atom is 0.123 e. The Labute approximate surface area is 120 Å². The molecule has 0 fully saturated rings. The molecule has 2 aromatic carbocycles. The molecule has 0 spiro atoms. The highest BCUT2D eigenvalue weighted by molar-refractivity contribution is 5.46. The second kappa shape index (κ2) is 6.53. The SMILES string of the molecule is CCc1ccc(CN(C)Cc2cc(F)ccc2N)cc1. The number of benzene rings is 2. The summed E-state index contributed by atoms with van der Waals surface area (Å²) in [6.45, 7) is 3.60. The van der Waals surface area contributed by atoms with Crippen LogP contribution >= 0.6 is 0 Å². The van der Waals surface area contributed by atoms with Gasteiger partial charge in [-0.1, -0.05) is 31.2 Å². The second-order valence-electron chi connectivity index (χ2n) is 5.19. The van der Waals surface area contributed by atoms with E-state index in [0.29, 0.717) is 12.2 Å². The lowest BCUT2D eigenvalue weighted by Gasteiger charge is -2.18. The van der Waals surface area contributed by atoms with Gasteiger partial charge in [0.1, 0.15) is 5.82 Å². The number of anilines is 1. The van der Waals surface area contributed by atoms with Gasteiger partial charge in [0, 0.05) is 18.8 Å². The van der Waals surface area contributed by atoms with Crippen LogP contribution in [0, 0.1) is 5.82 Å². The van der Waals surface area contributed by atoms with E-state index >= 15 is 0 Å². The van der Waals surface area contributed by atoms with Gasteiger partial charge in [-0.15, -0.1) is 0 Å². The van der Waals surface area contributed by atoms with Gasteiger partial charge in [0.2, 0.25) is 0 Å². The zero-order chi connectivity index (χ0) is 14.5. The van der Waals surface area contributed by atoms with Gasteiger partial charge in [-0.3, -0.25) is 4.90 Å². The third kappa shape index (κ3) is 3.81. The molecule has 0 radical (unpaired) electrons. The molecular formula is C17H21FN2. The first-order valence-electron chi connectivity index (χ1n) is 6.88. The molecule has 20 heavy (non-hydrogen) atoms. The molecule has 0 atom stereocenters. The highest BCUT2D eigenvalue weighted by Gasteiger charge is 2.06. The number of hydrogen-bond donors (Lipinski definition) is 1.